The minimum absolute atomic E-state index is 0.0921. The Bertz CT molecular complexity index is 654. The van der Waals surface area contributed by atoms with Gasteiger partial charge in [0.2, 0.25) is 5.91 Å². The topological polar surface area (TPSA) is 67.2 Å². The van der Waals surface area contributed by atoms with Crippen molar-refractivity contribution in [2.75, 3.05) is 6.61 Å². The van der Waals surface area contributed by atoms with E-state index in [1.807, 2.05) is 24.3 Å². The monoisotopic (exact) mass is 283 g/mol. The van der Waals surface area contributed by atoms with Crippen molar-refractivity contribution in [3.05, 3.63) is 53.9 Å². The lowest BCUT2D eigenvalue weighted by atomic mass is 10.1. The van der Waals surface area contributed by atoms with E-state index in [0.717, 1.165) is 11.1 Å². The van der Waals surface area contributed by atoms with Crippen LogP contribution >= 0.6 is 0 Å². The summed E-state index contributed by atoms with van der Waals surface area (Å²) in [4.78, 5) is 12.0. The fraction of sp³-hybridized carbons (Fsp3) is 0.250. The van der Waals surface area contributed by atoms with Gasteiger partial charge in [-0.3, -0.25) is 9.48 Å². The van der Waals surface area contributed by atoms with E-state index in [4.69, 9.17) is 5.11 Å². The van der Waals surface area contributed by atoms with Crippen molar-refractivity contribution in [1.82, 2.24) is 15.1 Å². The molecule has 1 aromatic carbocycles. The van der Waals surface area contributed by atoms with Gasteiger partial charge in [0, 0.05) is 24.5 Å². The summed E-state index contributed by atoms with van der Waals surface area (Å²) in [5.74, 6) is 5.35. The Labute approximate surface area is 123 Å². The van der Waals surface area contributed by atoms with Gasteiger partial charge in [-0.2, -0.15) is 5.10 Å². The zero-order valence-corrected chi connectivity index (χ0v) is 11.8. The quantitative estimate of drug-likeness (QED) is 0.826. The van der Waals surface area contributed by atoms with Crippen LogP contribution in [0.5, 0.6) is 0 Å². The second-order valence-electron chi connectivity index (χ2n) is 4.54. The van der Waals surface area contributed by atoms with Gasteiger partial charge >= 0.3 is 0 Å². The minimum Gasteiger partial charge on any atom is -0.384 e. The molecule has 0 saturated carbocycles. The van der Waals surface area contributed by atoms with Gasteiger partial charge in [0.05, 0.1) is 0 Å². The predicted octanol–water partition coefficient (Wildman–Crippen LogP) is 1.10. The number of carbonyl (C=O) groups is 1. The number of carbonyl (C=O) groups excluding carboxylic acids is 1. The minimum atomic E-state index is -0.350. The van der Waals surface area contributed by atoms with Gasteiger partial charge in [-0.1, -0.05) is 24.0 Å². The summed E-state index contributed by atoms with van der Waals surface area (Å²) in [7, 11) is 0. The Hall–Kier alpha value is -2.58. The predicted molar refractivity (Wildman–Crippen MR) is 79.2 cm³/mol. The Kier molecular flexibility index (Phi) is 5.13. The summed E-state index contributed by atoms with van der Waals surface area (Å²) in [6, 6.07) is 8.98. The molecule has 1 amide bonds. The van der Waals surface area contributed by atoms with E-state index in [1.54, 1.807) is 30.1 Å². The van der Waals surface area contributed by atoms with Gasteiger partial charge in [-0.05, 0) is 30.7 Å². The third kappa shape index (κ3) is 4.20. The molecule has 5 nitrogen and oxygen atoms in total. The molecule has 0 fully saturated rings. The van der Waals surface area contributed by atoms with E-state index in [-0.39, 0.29) is 18.6 Å². The van der Waals surface area contributed by atoms with Crippen molar-refractivity contribution in [3.63, 3.8) is 0 Å². The van der Waals surface area contributed by atoms with Gasteiger partial charge in [-0.25, -0.2) is 0 Å². The molecule has 0 radical (unpaired) electrons. The van der Waals surface area contributed by atoms with Crippen LogP contribution in [0.3, 0.4) is 0 Å². The standard InChI is InChI=1S/C16H17N3O2/c1-13(19-9-4-8-18-19)16(21)17-12-15-6-2-5-14(11-15)7-3-10-20/h2,4-6,8-9,11,13,20H,10,12H2,1H3,(H,17,21). The van der Waals surface area contributed by atoms with E-state index in [1.165, 1.54) is 0 Å². The first-order valence-electron chi connectivity index (χ1n) is 6.66. The highest BCUT2D eigenvalue weighted by molar-refractivity contribution is 5.79. The van der Waals surface area contributed by atoms with Crippen molar-refractivity contribution in [1.29, 1.82) is 0 Å². The molecule has 21 heavy (non-hydrogen) atoms. The largest absolute Gasteiger partial charge is 0.384 e. The van der Waals surface area contributed by atoms with Crippen LogP contribution in [-0.2, 0) is 11.3 Å². The first kappa shape index (κ1) is 14.8. The molecule has 0 spiro atoms. The number of hydrogen-bond donors (Lipinski definition) is 2. The number of hydrogen-bond acceptors (Lipinski definition) is 3. The summed E-state index contributed by atoms with van der Waals surface area (Å²) < 4.78 is 1.61. The van der Waals surface area contributed by atoms with Gasteiger partial charge < -0.3 is 10.4 Å². The molecule has 108 valence electrons. The molecule has 1 aromatic heterocycles. The fourth-order valence-corrected chi connectivity index (χ4v) is 1.87. The van der Waals surface area contributed by atoms with Crippen LogP contribution in [0, 0.1) is 11.8 Å². The van der Waals surface area contributed by atoms with Crippen molar-refractivity contribution < 1.29 is 9.90 Å². The summed E-state index contributed by atoms with van der Waals surface area (Å²) in [5.41, 5.74) is 1.77. The summed E-state index contributed by atoms with van der Waals surface area (Å²) >= 11 is 0. The van der Waals surface area contributed by atoms with Crippen LogP contribution in [0.15, 0.2) is 42.7 Å². The molecule has 0 aliphatic carbocycles. The molecule has 1 heterocycles. The molecule has 2 aromatic rings. The molecule has 5 heteroatoms. The average molecular weight is 283 g/mol. The normalized spacial score (nSPS) is 11.3. The second kappa shape index (κ2) is 7.27. The van der Waals surface area contributed by atoms with E-state index >= 15 is 0 Å². The van der Waals surface area contributed by atoms with E-state index in [2.05, 4.69) is 22.3 Å². The molecule has 0 aliphatic heterocycles. The summed E-state index contributed by atoms with van der Waals surface area (Å²) in [6.45, 7) is 2.06. The lowest BCUT2D eigenvalue weighted by Crippen LogP contribution is -2.30. The Morgan fingerprint density at radius 2 is 2.33 bits per heavy atom. The van der Waals surface area contributed by atoms with Gasteiger partial charge in [-0.15, -0.1) is 0 Å². The Balaban J connectivity index is 1.95. The molecular weight excluding hydrogens is 266 g/mol. The average Bonchev–Trinajstić information content (AvgIpc) is 3.04. The van der Waals surface area contributed by atoms with Crippen LogP contribution in [-0.4, -0.2) is 27.4 Å². The van der Waals surface area contributed by atoms with Gasteiger partial charge in [0.1, 0.15) is 12.6 Å². The molecule has 0 bridgehead atoms. The molecule has 1 atom stereocenters. The maximum absolute atomic E-state index is 12.0. The number of aromatic nitrogens is 2. The van der Waals surface area contributed by atoms with E-state index in [9.17, 15) is 4.79 Å². The van der Waals surface area contributed by atoms with Gasteiger partial charge in [0.15, 0.2) is 0 Å². The van der Waals surface area contributed by atoms with Crippen LogP contribution in [0.4, 0.5) is 0 Å². The maximum Gasteiger partial charge on any atom is 0.244 e. The first-order chi connectivity index (χ1) is 10.2. The summed E-state index contributed by atoms with van der Waals surface area (Å²) in [5, 5.41) is 15.6. The smallest absolute Gasteiger partial charge is 0.244 e. The number of aliphatic hydroxyl groups is 1. The maximum atomic E-state index is 12.0. The van der Waals surface area contributed by atoms with Crippen LogP contribution < -0.4 is 5.32 Å². The van der Waals surface area contributed by atoms with E-state index < -0.39 is 0 Å². The Morgan fingerprint density at radius 3 is 3.05 bits per heavy atom. The molecule has 0 saturated heterocycles. The summed E-state index contributed by atoms with van der Waals surface area (Å²) in [6.07, 6.45) is 3.41. The number of rotatable bonds is 4. The molecule has 1 unspecified atom stereocenters. The zero-order chi connectivity index (χ0) is 15.1. The first-order valence-corrected chi connectivity index (χ1v) is 6.66. The third-order valence-corrected chi connectivity index (χ3v) is 3.01. The van der Waals surface area contributed by atoms with Crippen LogP contribution in [0.1, 0.15) is 24.1 Å². The molecule has 0 aliphatic rings. The number of aliphatic hydroxyl groups excluding tert-OH is 1. The molecule has 2 rings (SSSR count). The lowest BCUT2D eigenvalue weighted by Gasteiger charge is -2.12. The number of nitrogens with zero attached hydrogens (tertiary/aromatic N) is 2. The highest BCUT2D eigenvalue weighted by Crippen LogP contribution is 2.06. The highest BCUT2D eigenvalue weighted by atomic mass is 16.2. The lowest BCUT2D eigenvalue weighted by molar-refractivity contribution is -0.124. The van der Waals surface area contributed by atoms with Crippen molar-refractivity contribution in [2.24, 2.45) is 0 Å². The van der Waals surface area contributed by atoms with Crippen molar-refractivity contribution in [2.45, 2.75) is 19.5 Å². The van der Waals surface area contributed by atoms with Crippen LogP contribution in [0.2, 0.25) is 0 Å². The molecule has 2 N–H and O–H groups in total. The number of amides is 1. The van der Waals surface area contributed by atoms with Crippen molar-refractivity contribution >= 4 is 5.91 Å². The SMILES string of the molecule is CC(C(=O)NCc1cccc(C#CCO)c1)n1cccn1. The zero-order valence-electron chi connectivity index (χ0n) is 11.8. The fourth-order valence-electron chi connectivity index (χ4n) is 1.87. The second-order valence-corrected chi connectivity index (χ2v) is 4.54. The number of benzene rings is 1. The van der Waals surface area contributed by atoms with Gasteiger partial charge in [0.25, 0.3) is 0 Å². The van der Waals surface area contributed by atoms with Crippen molar-refractivity contribution in [3.8, 4) is 11.8 Å². The molecular formula is C16H17N3O2. The number of nitrogens with one attached hydrogen (secondary N) is 1. The third-order valence-electron chi connectivity index (χ3n) is 3.01. The van der Waals surface area contributed by atoms with E-state index in [0.29, 0.717) is 6.54 Å². The Morgan fingerprint density at radius 1 is 1.48 bits per heavy atom. The van der Waals surface area contributed by atoms with Crippen LogP contribution in [0.25, 0.3) is 0 Å². The highest BCUT2D eigenvalue weighted by Gasteiger charge is 2.14.